The number of amides is 1. The van der Waals surface area contributed by atoms with Crippen molar-refractivity contribution in [3.8, 4) is 5.75 Å². The van der Waals surface area contributed by atoms with E-state index in [2.05, 4.69) is 0 Å². The van der Waals surface area contributed by atoms with E-state index in [9.17, 15) is 9.90 Å². The molecule has 3 N–H and O–H groups in total. The van der Waals surface area contributed by atoms with Gasteiger partial charge in [-0.2, -0.15) is 0 Å². The molecule has 2 rings (SSSR count). The largest absolute Gasteiger partial charge is 0.508 e. The van der Waals surface area contributed by atoms with Crippen LogP contribution in [0.1, 0.15) is 21.5 Å². The first-order valence-electron chi connectivity index (χ1n) is 6.39. The van der Waals surface area contributed by atoms with E-state index in [1.165, 1.54) is 6.07 Å². The molecule has 104 valence electrons. The first kappa shape index (κ1) is 14.1. The van der Waals surface area contributed by atoms with Gasteiger partial charge in [0.1, 0.15) is 5.75 Å². The Hall–Kier alpha value is -2.33. The van der Waals surface area contributed by atoms with E-state index in [0.717, 1.165) is 11.3 Å². The normalized spacial score (nSPS) is 10.3. The summed E-state index contributed by atoms with van der Waals surface area (Å²) >= 11 is 0. The third kappa shape index (κ3) is 2.81. The summed E-state index contributed by atoms with van der Waals surface area (Å²) in [6, 6.07) is 12.4. The zero-order valence-corrected chi connectivity index (χ0v) is 11.6. The van der Waals surface area contributed by atoms with Gasteiger partial charge in [0.2, 0.25) is 0 Å². The minimum absolute atomic E-state index is 0.123. The summed E-state index contributed by atoms with van der Waals surface area (Å²) in [7, 11) is 1.72. The molecule has 0 aliphatic heterocycles. The van der Waals surface area contributed by atoms with Crippen molar-refractivity contribution >= 4 is 11.6 Å². The van der Waals surface area contributed by atoms with Crippen LogP contribution in [-0.2, 0) is 6.54 Å². The predicted octanol–water partition coefficient (Wildman–Crippen LogP) is 2.44. The molecule has 1 amide bonds. The second kappa shape index (κ2) is 5.75. The lowest BCUT2D eigenvalue weighted by Crippen LogP contribution is -2.26. The molecule has 0 saturated carbocycles. The molecule has 0 fully saturated rings. The van der Waals surface area contributed by atoms with Crippen molar-refractivity contribution in [3.63, 3.8) is 0 Å². The minimum atomic E-state index is -0.123. The highest BCUT2D eigenvalue weighted by Crippen LogP contribution is 2.21. The molecule has 0 aliphatic rings. The molecule has 0 heterocycles. The highest BCUT2D eigenvalue weighted by atomic mass is 16.3. The predicted molar refractivity (Wildman–Crippen MR) is 79.9 cm³/mol. The number of phenolic OH excluding ortho intramolecular Hbond substituents is 1. The zero-order chi connectivity index (χ0) is 14.7. The van der Waals surface area contributed by atoms with Gasteiger partial charge in [0.25, 0.3) is 5.91 Å². The maximum absolute atomic E-state index is 12.4. The van der Waals surface area contributed by atoms with E-state index < -0.39 is 0 Å². The van der Waals surface area contributed by atoms with Gasteiger partial charge >= 0.3 is 0 Å². The summed E-state index contributed by atoms with van der Waals surface area (Å²) in [5.74, 6) is 0.0663. The molecule has 2 aromatic carbocycles. The number of carbonyl (C=O) groups is 1. The molecule has 20 heavy (non-hydrogen) atoms. The van der Waals surface area contributed by atoms with Crippen molar-refractivity contribution in [2.24, 2.45) is 5.73 Å². The Kier molecular flexibility index (Phi) is 4.05. The molecular weight excluding hydrogens is 252 g/mol. The molecular formula is C16H18N2O2. The van der Waals surface area contributed by atoms with Crippen LogP contribution >= 0.6 is 0 Å². The molecule has 0 atom stereocenters. The number of aromatic hydroxyl groups is 1. The van der Waals surface area contributed by atoms with E-state index >= 15 is 0 Å². The molecule has 0 aliphatic carbocycles. The number of phenols is 1. The van der Waals surface area contributed by atoms with Crippen molar-refractivity contribution in [2.45, 2.75) is 13.5 Å². The highest BCUT2D eigenvalue weighted by Gasteiger charge is 2.14. The van der Waals surface area contributed by atoms with Crippen molar-refractivity contribution < 1.29 is 9.90 Å². The van der Waals surface area contributed by atoms with Crippen LogP contribution in [0.5, 0.6) is 5.75 Å². The van der Waals surface area contributed by atoms with Crippen LogP contribution in [0.4, 0.5) is 5.69 Å². The number of carbonyl (C=O) groups excluding carboxylic acids is 1. The second-order valence-electron chi connectivity index (χ2n) is 4.74. The number of aryl methyl sites for hydroxylation is 1. The monoisotopic (exact) mass is 270 g/mol. The quantitative estimate of drug-likeness (QED) is 0.900. The van der Waals surface area contributed by atoms with Crippen molar-refractivity contribution in [1.29, 1.82) is 0 Å². The second-order valence-corrected chi connectivity index (χ2v) is 4.74. The average molecular weight is 270 g/mol. The zero-order valence-electron chi connectivity index (χ0n) is 11.6. The van der Waals surface area contributed by atoms with Crippen LogP contribution in [0.25, 0.3) is 0 Å². The van der Waals surface area contributed by atoms with Gasteiger partial charge in [-0.1, -0.05) is 12.1 Å². The number of nitrogens with zero attached hydrogens (tertiary/aromatic N) is 1. The van der Waals surface area contributed by atoms with Crippen molar-refractivity contribution in [3.05, 3.63) is 59.2 Å². The summed E-state index contributed by atoms with van der Waals surface area (Å²) in [6.07, 6.45) is 0. The molecule has 0 saturated heterocycles. The van der Waals surface area contributed by atoms with Crippen LogP contribution in [0.15, 0.2) is 42.5 Å². The number of nitrogens with two attached hydrogens (primary N) is 1. The summed E-state index contributed by atoms with van der Waals surface area (Å²) in [5.41, 5.74) is 8.61. The SMILES string of the molecule is Cc1cc(C(=O)N(C)c2cccc(CN)c2)ccc1O. The first-order valence-corrected chi connectivity index (χ1v) is 6.39. The molecule has 0 spiro atoms. The minimum Gasteiger partial charge on any atom is -0.508 e. The third-order valence-corrected chi connectivity index (χ3v) is 3.28. The fourth-order valence-electron chi connectivity index (χ4n) is 1.99. The molecule has 0 unspecified atom stereocenters. The smallest absolute Gasteiger partial charge is 0.258 e. The van der Waals surface area contributed by atoms with Gasteiger partial charge in [-0.25, -0.2) is 0 Å². The molecule has 2 aromatic rings. The van der Waals surface area contributed by atoms with E-state index in [-0.39, 0.29) is 11.7 Å². The molecule has 0 aromatic heterocycles. The topological polar surface area (TPSA) is 66.6 Å². The maximum Gasteiger partial charge on any atom is 0.258 e. The fourth-order valence-corrected chi connectivity index (χ4v) is 1.99. The van der Waals surface area contributed by atoms with Crippen LogP contribution < -0.4 is 10.6 Å². The van der Waals surface area contributed by atoms with Crippen LogP contribution in [-0.4, -0.2) is 18.1 Å². The van der Waals surface area contributed by atoms with Gasteiger partial charge in [0, 0.05) is 24.8 Å². The van der Waals surface area contributed by atoms with E-state index in [1.807, 2.05) is 24.3 Å². The van der Waals surface area contributed by atoms with Crippen molar-refractivity contribution in [1.82, 2.24) is 0 Å². The third-order valence-electron chi connectivity index (χ3n) is 3.28. The number of hydrogen-bond acceptors (Lipinski definition) is 3. The Balaban J connectivity index is 2.29. The van der Waals surface area contributed by atoms with E-state index in [0.29, 0.717) is 17.7 Å². The van der Waals surface area contributed by atoms with Gasteiger partial charge in [0.05, 0.1) is 0 Å². The summed E-state index contributed by atoms with van der Waals surface area (Å²) < 4.78 is 0. The first-order chi connectivity index (χ1) is 9.52. The molecule has 0 radical (unpaired) electrons. The summed E-state index contributed by atoms with van der Waals surface area (Å²) in [6.45, 7) is 2.20. The van der Waals surface area contributed by atoms with E-state index in [1.54, 1.807) is 31.0 Å². The Morgan fingerprint density at radius 3 is 2.65 bits per heavy atom. The van der Waals surface area contributed by atoms with Crippen molar-refractivity contribution in [2.75, 3.05) is 11.9 Å². The van der Waals surface area contributed by atoms with Gasteiger partial charge in [-0.3, -0.25) is 4.79 Å². The maximum atomic E-state index is 12.4. The van der Waals surface area contributed by atoms with E-state index in [4.69, 9.17) is 5.73 Å². The lowest BCUT2D eigenvalue weighted by Gasteiger charge is -2.18. The number of hydrogen-bond donors (Lipinski definition) is 2. The lowest BCUT2D eigenvalue weighted by atomic mass is 10.1. The highest BCUT2D eigenvalue weighted by molar-refractivity contribution is 6.05. The van der Waals surface area contributed by atoms with Gasteiger partial charge in [-0.15, -0.1) is 0 Å². The van der Waals surface area contributed by atoms with Gasteiger partial charge < -0.3 is 15.7 Å². The number of rotatable bonds is 3. The molecule has 4 nitrogen and oxygen atoms in total. The number of benzene rings is 2. The van der Waals surface area contributed by atoms with Crippen LogP contribution in [0, 0.1) is 6.92 Å². The molecule has 0 bridgehead atoms. The number of anilines is 1. The average Bonchev–Trinajstić information content (AvgIpc) is 2.48. The fraction of sp³-hybridized carbons (Fsp3) is 0.188. The Morgan fingerprint density at radius 2 is 2.00 bits per heavy atom. The van der Waals surface area contributed by atoms with Crippen LogP contribution in [0.3, 0.4) is 0 Å². The molecule has 4 heteroatoms. The summed E-state index contributed by atoms with van der Waals surface area (Å²) in [5, 5.41) is 9.51. The van der Waals surface area contributed by atoms with Gasteiger partial charge in [0.15, 0.2) is 0 Å². The Labute approximate surface area is 118 Å². The standard InChI is InChI=1S/C16H18N2O2/c1-11-8-13(6-7-15(11)19)16(20)18(2)14-5-3-4-12(9-14)10-17/h3-9,19H,10,17H2,1-2H3. The lowest BCUT2D eigenvalue weighted by molar-refractivity contribution is 0.0993. The van der Waals surface area contributed by atoms with Crippen LogP contribution in [0.2, 0.25) is 0 Å². The Bertz CT molecular complexity index is 638. The summed E-state index contributed by atoms with van der Waals surface area (Å²) in [4.78, 5) is 14.0. The Morgan fingerprint density at radius 1 is 1.25 bits per heavy atom. The van der Waals surface area contributed by atoms with Gasteiger partial charge in [-0.05, 0) is 48.4 Å².